The van der Waals surface area contributed by atoms with Crippen LogP contribution in [0.3, 0.4) is 0 Å². The molecule has 0 amide bonds. The van der Waals surface area contributed by atoms with E-state index in [2.05, 4.69) is 53.5 Å². The van der Waals surface area contributed by atoms with Crippen LogP contribution in [0.4, 0.5) is 0 Å². The van der Waals surface area contributed by atoms with Crippen molar-refractivity contribution in [2.75, 3.05) is 0 Å². The zero-order valence-corrected chi connectivity index (χ0v) is 8.70. The maximum atomic E-state index is 3.12. The molecular formula is C11H22. The molecule has 0 aliphatic heterocycles. The molecule has 0 nitrogen and oxygen atoms in total. The Balaban J connectivity index is 0. The first-order valence-electron chi connectivity index (χ1n) is 4.21. The zero-order valence-electron chi connectivity index (χ0n) is 8.70. The molecule has 0 heteroatoms. The minimum absolute atomic E-state index is 0.542. The molecule has 0 aromatic carbocycles. The summed E-state index contributed by atoms with van der Waals surface area (Å²) in [5, 5.41) is 0. The fourth-order valence-corrected chi connectivity index (χ4v) is 0.408. The van der Waals surface area contributed by atoms with E-state index in [1.165, 1.54) is 6.42 Å². The molecule has 0 unspecified atom stereocenters. The normalized spacial score (nSPS) is 10.0. The van der Waals surface area contributed by atoms with Gasteiger partial charge in [0.05, 0.1) is 0 Å². The second kappa shape index (κ2) is 6.24. The molecule has 0 fully saturated rings. The molecule has 66 valence electrons. The topological polar surface area (TPSA) is 0 Å². The van der Waals surface area contributed by atoms with E-state index >= 15 is 0 Å². The minimum Gasteiger partial charge on any atom is -0.137 e. The Morgan fingerprint density at radius 1 is 1.27 bits per heavy atom. The summed E-state index contributed by atoms with van der Waals surface area (Å²) in [7, 11) is 0. The highest BCUT2D eigenvalue weighted by Crippen LogP contribution is 2.28. The lowest BCUT2D eigenvalue weighted by Gasteiger charge is -2.27. The van der Waals surface area contributed by atoms with E-state index < -0.39 is 0 Å². The van der Waals surface area contributed by atoms with Crippen LogP contribution >= 0.6 is 0 Å². The van der Waals surface area contributed by atoms with Gasteiger partial charge in [0, 0.05) is 0 Å². The van der Waals surface area contributed by atoms with Crippen molar-refractivity contribution in [1.29, 1.82) is 0 Å². The Morgan fingerprint density at radius 2 is 1.55 bits per heavy atom. The average Bonchev–Trinajstić information content (AvgIpc) is 1.89. The Morgan fingerprint density at radius 3 is 1.55 bits per heavy atom. The predicted octanol–water partition coefficient (Wildman–Crippen LogP) is 4.04. The molecule has 0 saturated carbocycles. The summed E-state index contributed by atoms with van der Waals surface area (Å²) in [6.07, 6.45) is 1.28. The highest BCUT2D eigenvalue weighted by molar-refractivity contribution is 4.69. The highest BCUT2D eigenvalue weighted by atomic mass is 14.2. The van der Waals surface area contributed by atoms with Crippen LogP contribution in [0.5, 0.6) is 0 Å². The van der Waals surface area contributed by atoms with Crippen LogP contribution in [-0.4, -0.2) is 0 Å². The SMILES string of the molecule is C=C=C.CCC(C)(C)C(C)C. The third kappa shape index (κ3) is 7.42. The zero-order chi connectivity index (χ0) is 9.49. The lowest BCUT2D eigenvalue weighted by Crippen LogP contribution is -2.17. The van der Waals surface area contributed by atoms with E-state index in [0.717, 1.165) is 5.92 Å². The van der Waals surface area contributed by atoms with E-state index in [-0.39, 0.29) is 0 Å². The Kier molecular flexibility index (Phi) is 7.46. The van der Waals surface area contributed by atoms with Crippen LogP contribution in [0, 0.1) is 11.3 Å². The van der Waals surface area contributed by atoms with Gasteiger partial charge in [-0.1, -0.05) is 54.2 Å². The first-order valence-corrected chi connectivity index (χ1v) is 4.21. The molecule has 0 spiro atoms. The smallest absolute Gasteiger partial charge is 0.0334 e. The summed E-state index contributed by atoms with van der Waals surface area (Å²) in [6.45, 7) is 17.7. The summed E-state index contributed by atoms with van der Waals surface area (Å²) < 4.78 is 0. The largest absolute Gasteiger partial charge is 0.137 e. The van der Waals surface area contributed by atoms with Crippen molar-refractivity contribution >= 4 is 0 Å². The Labute approximate surface area is 72.0 Å². The molecule has 0 aromatic rings. The van der Waals surface area contributed by atoms with Crippen molar-refractivity contribution < 1.29 is 0 Å². The molecule has 0 N–H and O–H groups in total. The molecule has 0 radical (unpaired) electrons. The Hall–Kier alpha value is -0.480. The summed E-state index contributed by atoms with van der Waals surface area (Å²) in [5.74, 6) is 0.812. The maximum Gasteiger partial charge on any atom is -0.0334 e. The summed E-state index contributed by atoms with van der Waals surface area (Å²) in [5.41, 5.74) is 2.79. The fourth-order valence-electron chi connectivity index (χ4n) is 0.408. The van der Waals surface area contributed by atoms with Gasteiger partial charge in [-0.05, 0) is 11.3 Å². The van der Waals surface area contributed by atoms with Gasteiger partial charge in [0.1, 0.15) is 0 Å². The number of rotatable bonds is 2. The van der Waals surface area contributed by atoms with E-state index in [0.29, 0.717) is 5.41 Å². The quantitative estimate of drug-likeness (QED) is 0.527. The van der Waals surface area contributed by atoms with Crippen LogP contribution in [-0.2, 0) is 0 Å². The van der Waals surface area contributed by atoms with Crippen molar-refractivity contribution in [2.45, 2.75) is 41.0 Å². The van der Waals surface area contributed by atoms with Crippen LogP contribution in [0.2, 0.25) is 0 Å². The van der Waals surface area contributed by atoms with E-state index in [9.17, 15) is 0 Å². The van der Waals surface area contributed by atoms with E-state index in [1.807, 2.05) is 0 Å². The van der Waals surface area contributed by atoms with Gasteiger partial charge in [-0.3, -0.25) is 0 Å². The molecule has 0 atom stereocenters. The van der Waals surface area contributed by atoms with Gasteiger partial charge in [-0.2, -0.15) is 0 Å². The molecule has 0 aliphatic carbocycles. The fraction of sp³-hybridized carbons (Fsp3) is 0.727. The predicted molar refractivity (Wildman–Crippen MR) is 53.7 cm³/mol. The third-order valence-electron chi connectivity index (χ3n) is 2.47. The van der Waals surface area contributed by atoms with Gasteiger partial charge in [0.2, 0.25) is 0 Å². The van der Waals surface area contributed by atoms with Crippen LogP contribution in [0.1, 0.15) is 41.0 Å². The molecule has 0 rings (SSSR count). The van der Waals surface area contributed by atoms with Crippen LogP contribution in [0.25, 0.3) is 0 Å². The Bertz CT molecular complexity index is 112. The number of hydrogen-bond acceptors (Lipinski definition) is 0. The average molecular weight is 154 g/mol. The highest BCUT2D eigenvalue weighted by Gasteiger charge is 2.18. The van der Waals surface area contributed by atoms with Gasteiger partial charge in [-0.25, -0.2) is 0 Å². The van der Waals surface area contributed by atoms with Crippen molar-refractivity contribution in [3.63, 3.8) is 0 Å². The second-order valence-electron chi connectivity index (χ2n) is 3.75. The van der Waals surface area contributed by atoms with Crippen LogP contribution in [0.15, 0.2) is 18.9 Å². The maximum absolute atomic E-state index is 3.12. The minimum atomic E-state index is 0.542. The third-order valence-corrected chi connectivity index (χ3v) is 2.47. The van der Waals surface area contributed by atoms with Crippen LogP contribution < -0.4 is 0 Å². The lowest BCUT2D eigenvalue weighted by molar-refractivity contribution is 0.240. The molecule has 0 heterocycles. The number of hydrogen-bond donors (Lipinski definition) is 0. The van der Waals surface area contributed by atoms with Gasteiger partial charge < -0.3 is 0 Å². The second-order valence-corrected chi connectivity index (χ2v) is 3.75. The molecule has 0 bridgehead atoms. The van der Waals surface area contributed by atoms with E-state index in [1.54, 1.807) is 0 Å². The molecule has 0 saturated heterocycles. The standard InChI is InChI=1S/C8H18.C3H4/c1-6-8(4,5)7(2)3;1-3-2/h7H,6H2,1-5H3;1-2H2. The summed E-state index contributed by atoms with van der Waals surface area (Å²) in [6, 6.07) is 0. The van der Waals surface area contributed by atoms with Crippen molar-refractivity contribution in [2.24, 2.45) is 11.3 Å². The monoisotopic (exact) mass is 154 g/mol. The molecular weight excluding hydrogens is 132 g/mol. The first kappa shape index (κ1) is 13.1. The van der Waals surface area contributed by atoms with Crippen molar-refractivity contribution in [1.82, 2.24) is 0 Å². The van der Waals surface area contributed by atoms with Crippen molar-refractivity contribution in [3.05, 3.63) is 18.9 Å². The van der Waals surface area contributed by atoms with Gasteiger partial charge >= 0.3 is 0 Å². The summed E-state index contributed by atoms with van der Waals surface area (Å²) in [4.78, 5) is 0. The van der Waals surface area contributed by atoms with Gasteiger partial charge in [0.15, 0.2) is 0 Å². The van der Waals surface area contributed by atoms with Gasteiger partial charge in [0.25, 0.3) is 0 Å². The lowest BCUT2D eigenvalue weighted by atomic mass is 9.79. The molecule has 11 heavy (non-hydrogen) atoms. The molecule has 0 aromatic heterocycles. The summed E-state index contributed by atoms with van der Waals surface area (Å²) >= 11 is 0. The van der Waals surface area contributed by atoms with Crippen molar-refractivity contribution in [3.8, 4) is 0 Å². The van der Waals surface area contributed by atoms with E-state index in [4.69, 9.17) is 0 Å². The van der Waals surface area contributed by atoms with Gasteiger partial charge in [-0.15, -0.1) is 5.73 Å². The first-order chi connectivity index (χ1) is 4.92. The molecule has 0 aliphatic rings.